The van der Waals surface area contributed by atoms with E-state index in [4.69, 9.17) is 4.74 Å². The van der Waals surface area contributed by atoms with Gasteiger partial charge in [0.25, 0.3) is 5.91 Å². The largest absolute Gasteiger partial charge is 0.491 e. The Bertz CT molecular complexity index is 871. The van der Waals surface area contributed by atoms with Gasteiger partial charge in [-0.25, -0.2) is 4.39 Å². The number of rotatable bonds is 1. The number of fused-ring (bicyclic) bond motifs is 2. The third-order valence-corrected chi connectivity index (χ3v) is 5.61. The zero-order valence-electron chi connectivity index (χ0n) is 15.6. The van der Waals surface area contributed by atoms with Crippen molar-refractivity contribution in [3.63, 3.8) is 0 Å². The standard InChI is InChI=1S/C22H23FN2O3/c23-18-6-7-20-19(13-18)24-21(26)12-16-8-10-25(14-17(16)9-11-28-20)22(27)15-4-2-1-3-5-15/h1-7,13,16-17H,8-12,14H2,(H,24,26)/t16-,17-/m0/s1. The number of carbonyl (C=O) groups excluding carboxylic acids is 2. The van der Waals surface area contributed by atoms with Crippen LogP contribution in [0.4, 0.5) is 10.1 Å². The number of benzene rings is 2. The zero-order valence-corrected chi connectivity index (χ0v) is 15.6. The summed E-state index contributed by atoms with van der Waals surface area (Å²) in [5.41, 5.74) is 1.06. The van der Waals surface area contributed by atoms with Crippen molar-refractivity contribution in [1.82, 2.24) is 4.90 Å². The summed E-state index contributed by atoms with van der Waals surface area (Å²) in [5.74, 6) is 0.316. The molecule has 0 saturated carbocycles. The van der Waals surface area contributed by atoms with Gasteiger partial charge in [-0.2, -0.15) is 0 Å². The van der Waals surface area contributed by atoms with Crippen molar-refractivity contribution in [2.75, 3.05) is 25.0 Å². The molecule has 2 atom stereocenters. The molecule has 2 amide bonds. The quantitative estimate of drug-likeness (QED) is 0.818. The molecule has 0 spiro atoms. The number of likely N-dealkylation sites (tertiary alicyclic amines) is 1. The van der Waals surface area contributed by atoms with Crippen LogP contribution in [-0.2, 0) is 4.79 Å². The molecule has 1 saturated heterocycles. The first kappa shape index (κ1) is 18.5. The fourth-order valence-corrected chi connectivity index (χ4v) is 4.11. The van der Waals surface area contributed by atoms with E-state index in [2.05, 4.69) is 5.32 Å². The lowest BCUT2D eigenvalue weighted by molar-refractivity contribution is -0.118. The number of hydrogen-bond acceptors (Lipinski definition) is 3. The monoisotopic (exact) mass is 382 g/mol. The summed E-state index contributed by atoms with van der Waals surface area (Å²) in [4.78, 5) is 27.2. The Morgan fingerprint density at radius 1 is 1.11 bits per heavy atom. The molecule has 0 radical (unpaired) electrons. The van der Waals surface area contributed by atoms with E-state index in [9.17, 15) is 14.0 Å². The Morgan fingerprint density at radius 2 is 1.93 bits per heavy atom. The van der Waals surface area contributed by atoms with E-state index in [1.165, 1.54) is 18.2 Å². The fraction of sp³-hybridized carbons (Fsp3) is 0.364. The van der Waals surface area contributed by atoms with Crippen molar-refractivity contribution in [1.29, 1.82) is 0 Å². The van der Waals surface area contributed by atoms with Crippen LogP contribution >= 0.6 is 0 Å². The van der Waals surface area contributed by atoms with Crippen LogP contribution in [0, 0.1) is 17.7 Å². The molecule has 0 bridgehead atoms. The van der Waals surface area contributed by atoms with Crippen LogP contribution in [0.15, 0.2) is 48.5 Å². The number of nitrogens with zero attached hydrogens (tertiary/aromatic N) is 1. The topological polar surface area (TPSA) is 58.6 Å². The highest BCUT2D eigenvalue weighted by atomic mass is 19.1. The van der Waals surface area contributed by atoms with Gasteiger partial charge in [0.2, 0.25) is 5.91 Å². The summed E-state index contributed by atoms with van der Waals surface area (Å²) in [7, 11) is 0. The van der Waals surface area contributed by atoms with Crippen LogP contribution in [0.5, 0.6) is 5.75 Å². The number of halogens is 1. The summed E-state index contributed by atoms with van der Waals surface area (Å²) >= 11 is 0. The summed E-state index contributed by atoms with van der Waals surface area (Å²) in [6.45, 7) is 1.71. The Hall–Kier alpha value is -2.89. The molecule has 6 heteroatoms. The summed E-state index contributed by atoms with van der Waals surface area (Å²) in [6.07, 6.45) is 1.88. The minimum atomic E-state index is -0.412. The van der Waals surface area contributed by atoms with Gasteiger partial charge in [-0.3, -0.25) is 9.59 Å². The molecule has 146 valence electrons. The Morgan fingerprint density at radius 3 is 2.75 bits per heavy atom. The third kappa shape index (κ3) is 4.01. The predicted molar refractivity (Wildman–Crippen MR) is 104 cm³/mol. The molecule has 4 rings (SSSR count). The van der Waals surface area contributed by atoms with Crippen molar-refractivity contribution in [2.45, 2.75) is 19.3 Å². The van der Waals surface area contributed by atoms with Gasteiger partial charge in [-0.05, 0) is 48.9 Å². The first-order valence-electron chi connectivity index (χ1n) is 9.66. The number of piperidine rings is 1. The van der Waals surface area contributed by atoms with Crippen LogP contribution in [0.1, 0.15) is 29.6 Å². The van der Waals surface area contributed by atoms with Crippen LogP contribution in [0.2, 0.25) is 0 Å². The maximum atomic E-state index is 13.5. The van der Waals surface area contributed by atoms with E-state index < -0.39 is 5.82 Å². The highest BCUT2D eigenvalue weighted by Gasteiger charge is 2.33. The second-order valence-corrected chi connectivity index (χ2v) is 7.46. The lowest BCUT2D eigenvalue weighted by Gasteiger charge is -2.39. The minimum Gasteiger partial charge on any atom is -0.491 e. The maximum absolute atomic E-state index is 13.5. The smallest absolute Gasteiger partial charge is 0.253 e. The van der Waals surface area contributed by atoms with Gasteiger partial charge in [-0.1, -0.05) is 18.2 Å². The van der Waals surface area contributed by atoms with Gasteiger partial charge < -0.3 is 15.0 Å². The summed E-state index contributed by atoms with van der Waals surface area (Å²) in [6, 6.07) is 13.4. The molecule has 2 aliphatic heterocycles. The van der Waals surface area contributed by atoms with Crippen LogP contribution in [-0.4, -0.2) is 36.4 Å². The van der Waals surface area contributed by atoms with Crippen molar-refractivity contribution in [3.8, 4) is 5.75 Å². The minimum absolute atomic E-state index is 0.0299. The van der Waals surface area contributed by atoms with Crippen LogP contribution < -0.4 is 10.1 Å². The number of nitrogens with one attached hydrogen (secondary N) is 1. The Balaban J connectivity index is 1.49. The van der Waals surface area contributed by atoms with Gasteiger partial charge in [0, 0.05) is 31.1 Å². The van der Waals surface area contributed by atoms with Crippen molar-refractivity contribution >= 4 is 17.5 Å². The number of carbonyl (C=O) groups is 2. The van der Waals surface area contributed by atoms with Crippen LogP contribution in [0.3, 0.4) is 0 Å². The number of amides is 2. The van der Waals surface area contributed by atoms with Crippen molar-refractivity contribution in [3.05, 3.63) is 59.9 Å². The van der Waals surface area contributed by atoms with E-state index in [-0.39, 0.29) is 23.7 Å². The van der Waals surface area contributed by atoms with E-state index in [0.717, 1.165) is 12.8 Å². The molecular formula is C22H23FN2O3. The normalized spacial score (nSPS) is 22.3. The second kappa shape index (κ2) is 8.00. The molecule has 2 heterocycles. The predicted octanol–water partition coefficient (Wildman–Crippen LogP) is 3.72. The lowest BCUT2D eigenvalue weighted by Crippen LogP contribution is -2.45. The van der Waals surface area contributed by atoms with Crippen molar-refractivity contribution < 1.29 is 18.7 Å². The molecule has 2 aromatic carbocycles. The zero-order chi connectivity index (χ0) is 19.5. The highest BCUT2D eigenvalue weighted by Crippen LogP contribution is 2.33. The molecule has 1 fully saturated rings. The summed E-state index contributed by atoms with van der Waals surface area (Å²) in [5, 5.41) is 2.78. The number of hydrogen-bond donors (Lipinski definition) is 1. The number of ether oxygens (including phenoxy) is 1. The molecule has 5 nitrogen and oxygen atoms in total. The molecule has 2 aromatic rings. The van der Waals surface area contributed by atoms with E-state index in [0.29, 0.717) is 43.1 Å². The molecule has 0 unspecified atom stereocenters. The van der Waals surface area contributed by atoms with Gasteiger partial charge in [-0.15, -0.1) is 0 Å². The van der Waals surface area contributed by atoms with Gasteiger partial charge >= 0.3 is 0 Å². The van der Waals surface area contributed by atoms with Gasteiger partial charge in [0.1, 0.15) is 11.6 Å². The van der Waals surface area contributed by atoms with E-state index in [1.54, 1.807) is 0 Å². The van der Waals surface area contributed by atoms with Crippen molar-refractivity contribution in [2.24, 2.45) is 11.8 Å². The first-order valence-corrected chi connectivity index (χ1v) is 9.66. The Kier molecular flexibility index (Phi) is 5.28. The van der Waals surface area contributed by atoms with E-state index >= 15 is 0 Å². The van der Waals surface area contributed by atoms with Crippen LogP contribution in [0.25, 0.3) is 0 Å². The first-order chi connectivity index (χ1) is 13.6. The highest BCUT2D eigenvalue weighted by molar-refractivity contribution is 5.94. The summed E-state index contributed by atoms with van der Waals surface area (Å²) < 4.78 is 19.3. The third-order valence-electron chi connectivity index (χ3n) is 5.61. The molecule has 0 aromatic heterocycles. The molecule has 1 N–H and O–H groups in total. The number of anilines is 1. The Labute approximate surface area is 163 Å². The average molecular weight is 382 g/mol. The van der Waals surface area contributed by atoms with Gasteiger partial charge in [0.05, 0.1) is 12.3 Å². The SMILES string of the molecule is O=C1C[C@@H]2CCN(C(=O)c3ccccc3)C[C@@H]2CCOc2ccc(F)cc2N1. The lowest BCUT2D eigenvalue weighted by atomic mass is 9.80. The molecule has 0 aliphatic carbocycles. The van der Waals surface area contributed by atoms with Gasteiger partial charge in [0.15, 0.2) is 0 Å². The average Bonchev–Trinajstić information content (AvgIpc) is 2.70. The molecule has 2 aliphatic rings. The molecular weight excluding hydrogens is 359 g/mol. The molecule has 28 heavy (non-hydrogen) atoms. The van der Waals surface area contributed by atoms with E-state index in [1.807, 2.05) is 35.2 Å². The fourth-order valence-electron chi connectivity index (χ4n) is 4.11. The second-order valence-electron chi connectivity index (χ2n) is 7.46. The maximum Gasteiger partial charge on any atom is 0.253 e.